The monoisotopic (exact) mass is 486 g/mol. The third-order valence-electron chi connectivity index (χ3n) is 5.92. The van der Waals surface area contributed by atoms with Crippen molar-refractivity contribution in [2.24, 2.45) is 7.05 Å². The number of rotatable bonds is 7. The van der Waals surface area contributed by atoms with E-state index in [2.05, 4.69) is 15.4 Å². The predicted octanol–water partition coefficient (Wildman–Crippen LogP) is 5.00. The zero-order valence-electron chi connectivity index (χ0n) is 20.0. The van der Waals surface area contributed by atoms with Crippen LogP contribution in [-0.4, -0.2) is 37.3 Å². The van der Waals surface area contributed by atoms with Crippen LogP contribution < -0.4 is 10.1 Å². The number of thiophene rings is 1. The molecule has 0 fully saturated rings. The number of carbonyl (C=O) groups is 1. The number of aromatic nitrogens is 5. The van der Waals surface area contributed by atoms with E-state index in [-0.39, 0.29) is 11.9 Å². The molecule has 0 aliphatic rings. The van der Waals surface area contributed by atoms with Crippen LogP contribution >= 0.6 is 11.3 Å². The number of carbonyl (C=O) groups excluding carboxylic acids is 1. The Morgan fingerprint density at radius 2 is 1.97 bits per heavy atom. The molecule has 8 nitrogen and oxygen atoms in total. The van der Waals surface area contributed by atoms with Gasteiger partial charge in [-0.2, -0.15) is 5.10 Å². The van der Waals surface area contributed by atoms with Crippen molar-refractivity contribution >= 4 is 28.3 Å². The minimum absolute atomic E-state index is 0.106. The van der Waals surface area contributed by atoms with Gasteiger partial charge in [-0.1, -0.05) is 18.2 Å². The minimum Gasteiger partial charge on any atom is -0.497 e. The Labute approximate surface area is 207 Å². The van der Waals surface area contributed by atoms with Crippen molar-refractivity contribution in [2.45, 2.75) is 25.9 Å². The van der Waals surface area contributed by atoms with Gasteiger partial charge in [-0.05, 0) is 49.1 Å². The van der Waals surface area contributed by atoms with E-state index in [1.165, 1.54) is 0 Å². The van der Waals surface area contributed by atoms with Crippen molar-refractivity contribution in [3.8, 4) is 16.3 Å². The van der Waals surface area contributed by atoms with Crippen molar-refractivity contribution in [3.05, 3.63) is 83.4 Å². The van der Waals surface area contributed by atoms with Gasteiger partial charge >= 0.3 is 0 Å². The summed E-state index contributed by atoms with van der Waals surface area (Å²) in [4.78, 5) is 24.2. The molecule has 1 atom stereocenters. The van der Waals surface area contributed by atoms with Crippen LogP contribution in [0.1, 0.15) is 47.7 Å². The van der Waals surface area contributed by atoms with Gasteiger partial charge in [-0.3, -0.25) is 4.79 Å². The number of ether oxygens (including phenoxy) is 1. The quantitative estimate of drug-likeness (QED) is 0.350. The molecule has 1 amide bonds. The maximum atomic E-state index is 13.8. The third kappa shape index (κ3) is 4.30. The first-order chi connectivity index (χ1) is 17.0. The number of imidazole rings is 1. The standard InChI is InChI=1S/C26H26N6O2S/c1-16(2)32-24-20(15-28-32)19(14-21(29-24)22-6-5-13-35-22)26(33)30-23(25-27-11-12-31(25)3)17-7-9-18(34-4)10-8-17/h5-16,23H,1-4H3,(H,30,33). The van der Waals surface area contributed by atoms with Crippen LogP contribution in [0.4, 0.5) is 0 Å². The van der Waals surface area contributed by atoms with E-state index in [4.69, 9.17) is 9.72 Å². The second-order valence-corrected chi connectivity index (χ2v) is 9.48. The van der Waals surface area contributed by atoms with E-state index in [0.717, 1.165) is 27.7 Å². The van der Waals surface area contributed by atoms with E-state index < -0.39 is 6.04 Å². The highest BCUT2D eigenvalue weighted by atomic mass is 32.1. The molecule has 5 rings (SSSR count). The van der Waals surface area contributed by atoms with Gasteiger partial charge in [0.1, 0.15) is 17.6 Å². The van der Waals surface area contributed by atoms with Gasteiger partial charge in [0.25, 0.3) is 5.91 Å². The summed E-state index contributed by atoms with van der Waals surface area (Å²) in [6, 6.07) is 13.1. The Morgan fingerprint density at radius 1 is 1.17 bits per heavy atom. The third-order valence-corrected chi connectivity index (χ3v) is 6.81. The lowest BCUT2D eigenvalue weighted by molar-refractivity contribution is 0.0942. The molecule has 4 aromatic heterocycles. The summed E-state index contributed by atoms with van der Waals surface area (Å²) in [7, 11) is 3.54. The van der Waals surface area contributed by atoms with Crippen molar-refractivity contribution < 1.29 is 9.53 Å². The smallest absolute Gasteiger partial charge is 0.253 e. The molecular formula is C26H26N6O2S. The van der Waals surface area contributed by atoms with Gasteiger partial charge < -0.3 is 14.6 Å². The fourth-order valence-electron chi connectivity index (χ4n) is 4.09. The van der Waals surface area contributed by atoms with E-state index in [9.17, 15) is 4.79 Å². The Hall–Kier alpha value is -3.98. The number of methoxy groups -OCH3 is 1. The molecule has 9 heteroatoms. The summed E-state index contributed by atoms with van der Waals surface area (Å²) in [5, 5.41) is 10.5. The highest BCUT2D eigenvalue weighted by Gasteiger charge is 2.25. The summed E-state index contributed by atoms with van der Waals surface area (Å²) in [6.45, 7) is 4.10. The fraction of sp³-hybridized carbons (Fsp3) is 0.231. The van der Waals surface area contributed by atoms with Gasteiger partial charge in [0.2, 0.25) is 0 Å². The average molecular weight is 487 g/mol. The number of amides is 1. The number of nitrogens with one attached hydrogen (secondary N) is 1. The summed E-state index contributed by atoms with van der Waals surface area (Å²) in [5.41, 5.74) is 2.86. The Bertz CT molecular complexity index is 1470. The predicted molar refractivity (Wildman–Crippen MR) is 137 cm³/mol. The number of aryl methyl sites for hydroxylation is 1. The SMILES string of the molecule is COc1ccc(C(NC(=O)c2cc(-c3cccs3)nc3c2cnn3C(C)C)c2nccn2C)cc1. The van der Waals surface area contributed by atoms with E-state index in [1.807, 2.05) is 84.2 Å². The highest BCUT2D eigenvalue weighted by Crippen LogP contribution is 2.30. The van der Waals surface area contributed by atoms with Crippen LogP contribution in [0.3, 0.4) is 0 Å². The topological polar surface area (TPSA) is 86.9 Å². The molecule has 0 spiro atoms. The van der Waals surface area contributed by atoms with Crippen LogP contribution in [0.2, 0.25) is 0 Å². The lowest BCUT2D eigenvalue weighted by Gasteiger charge is -2.20. The van der Waals surface area contributed by atoms with Gasteiger partial charge in [-0.25, -0.2) is 14.6 Å². The van der Waals surface area contributed by atoms with Crippen LogP contribution in [0.25, 0.3) is 21.6 Å². The summed E-state index contributed by atoms with van der Waals surface area (Å²) in [5.74, 6) is 1.25. The zero-order valence-corrected chi connectivity index (χ0v) is 20.8. The Kier molecular flexibility index (Phi) is 6.08. The van der Waals surface area contributed by atoms with Gasteiger partial charge in [0.15, 0.2) is 5.65 Å². The molecule has 0 saturated carbocycles. The van der Waals surface area contributed by atoms with Crippen LogP contribution in [0, 0.1) is 0 Å². The van der Waals surface area contributed by atoms with Crippen LogP contribution in [0.15, 0.2) is 66.4 Å². The van der Waals surface area contributed by atoms with Gasteiger partial charge in [0, 0.05) is 25.5 Å². The first kappa shape index (κ1) is 22.8. The zero-order chi connectivity index (χ0) is 24.5. The van der Waals surface area contributed by atoms with Crippen LogP contribution in [-0.2, 0) is 7.05 Å². The largest absolute Gasteiger partial charge is 0.497 e. The van der Waals surface area contributed by atoms with E-state index >= 15 is 0 Å². The lowest BCUT2D eigenvalue weighted by atomic mass is 10.0. The Morgan fingerprint density at radius 3 is 2.60 bits per heavy atom. The molecule has 0 bridgehead atoms. The highest BCUT2D eigenvalue weighted by molar-refractivity contribution is 7.13. The van der Waals surface area contributed by atoms with Crippen molar-refractivity contribution in [1.82, 2.24) is 29.6 Å². The van der Waals surface area contributed by atoms with Gasteiger partial charge in [0.05, 0.1) is 34.8 Å². The molecule has 4 heterocycles. The van der Waals surface area contributed by atoms with Crippen LogP contribution in [0.5, 0.6) is 5.75 Å². The second kappa shape index (κ2) is 9.34. The molecule has 0 aliphatic heterocycles. The summed E-state index contributed by atoms with van der Waals surface area (Å²) < 4.78 is 9.07. The maximum absolute atomic E-state index is 13.8. The molecule has 1 unspecified atom stereocenters. The number of benzene rings is 1. The first-order valence-electron chi connectivity index (χ1n) is 11.3. The molecule has 1 aromatic carbocycles. The summed E-state index contributed by atoms with van der Waals surface area (Å²) in [6.07, 6.45) is 5.31. The number of pyridine rings is 1. The Balaban J connectivity index is 1.60. The molecule has 0 saturated heterocycles. The number of nitrogens with zero attached hydrogens (tertiary/aromatic N) is 5. The first-order valence-corrected chi connectivity index (χ1v) is 12.2. The molecule has 1 N–H and O–H groups in total. The number of hydrogen-bond donors (Lipinski definition) is 1. The van der Waals surface area contributed by atoms with Crippen molar-refractivity contribution in [2.75, 3.05) is 7.11 Å². The van der Waals surface area contributed by atoms with Gasteiger partial charge in [-0.15, -0.1) is 11.3 Å². The van der Waals surface area contributed by atoms with Crippen molar-refractivity contribution in [3.63, 3.8) is 0 Å². The number of fused-ring (bicyclic) bond motifs is 1. The minimum atomic E-state index is -0.457. The molecule has 178 valence electrons. The molecule has 35 heavy (non-hydrogen) atoms. The van der Waals surface area contributed by atoms with E-state index in [0.29, 0.717) is 16.6 Å². The number of hydrogen-bond acceptors (Lipinski definition) is 6. The van der Waals surface area contributed by atoms with E-state index in [1.54, 1.807) is 30.8 Å². The second-order valence-electron chi connectivity index (χ2n) is 8.53. The maximum Gasteiger partial charge on any atom is 0.253 e. The molecule has 0 radical (unpaired) electrons. The molecule has 0 aliphatic carbocycles. The average Bonchev–Trinajstić information content (AvgIpc) is 3.62. The normalized spacial score (nSPS) is 12.3. The molecular weight excluding hydrogens is 460 g/mol. The van der Waals surface area contributed by atoms with Crippen molar-refractivity contribution in [1.29, 1.82) is 0 Å². The molecule has 5 aromatic rings. The fourth-order valence-corrected chi connectivity index (χ4v) is 4.78. The summed E-state index contributed by atoms with van der Waals surface area (Å²) >= 11 is 1.59. The lowest BCUT2D eigenvalue weighted by Crippen LogP contribution is -2.31.